The minimum atomic E-state index is 0.463. The van der Waals surface area contributed by atoms with Gasteiger partial charge in [-0.3, -0.25) is 4.99 Å². The van der Waals surface area contributed by atoms with Gasteiger partial charge >= 0.3 is 0 Å². The molecule has 0 saturated heterocycles. The summed E-state index contributed by atoms with van der Waals surface area (Å²) in [4.78, 5) is 3.98. The maximum Gasteiger partial charge on any atom is 0.111 e. The Kier molecular flexibility index (Phi) is 0.204. The molecule has 1 heterocycles. The molecule has 0 bridgehead atoms. The topological polar surface area (TPSA) is 24.4 Å². The molecule has 0 aromatic rings. The number of fused-ring (bicyclic) bond motifs is 1. The zero-order valence-corrected chi connectivity index (χ0v) is 3.18. The van der Waals surface area contributed by atoms with E-state index in [0.29, 0.717) is 6.04 Å². The lowest BCUT2D eigenvalue weighted by molar-refractivity contribution is 1.13. The quantitative estimate of drug-likeness (QED) is 0.431. The fourth-order valence-electron chi connectivity index (χ4n) is 0.571. The van der Waals surface area contributed by atoms with Crippen molar-refractivity contribution in [2.45, 2.75) is 6.04 Å². The summed E-state index contributed by atoms with van der Waals surface area (Å²) in [7, 11) is 0. The van der Waals surface area contributed by atoms with E-state index in [2.05, 4.69) is 16.4 Å². The van der Waals surface area contributed by atoms with Crippen molar-refractivity contribution in [1.82, 2.24) is 5.32 Å². The number of nitrogens with zero attached hydrogens (tertiary/aromatic N) is 1. The van der Waals surface area contributed by atoms with Crippen molar-refractivity contribution >= 4 is 6.34 Å². The molecule has 2 heteroatoms. The molecule has 0 fully saturated rings. The lowest BCUT2D eigenvalue weighted by Gasteiger charge is -1.73. The number of nitrogens with one attached hydrogen (secondary N) is 1. The van der Waals surface area contributed by atoms with Gasteiger partial charge in [0.25, 0.3) is 0 Å². The first kappa shape index (κ1) is 2.39. The van der Waals surface area contributed by atoms with Crippen LogP contribution in [0.25, 0.3) is 0 Å². The molecule has 0 spiro atoms. The van der Waals surface area contributed by atoms with Gasteiger partial charge in [-0.05, 0) is 6.08 Å². The van der Waals surface area contributed by atoms with E-state index in [1.165, 1.54) is 5.70 Å². The Morgan fingerprint density at radius 2 is 2.83 bits per heavy atom. The number of aliphatic imine (C=N–C) groups is 1. The summed E-state index contributed by atoms with van der Waals surface area (Å²) >= 11 is 0. The highest BCUT2D eigenvalue weighted by molar-refractivity contribution is 5.68. The molecule has 0 aromatic heterocycles. The van der Waals surface area contributed by atoms with Crippen LogP contribution >= 0.6 is 0 Å². The largest absolute Gasteiger partial charge is 0.348 e. The highest BCUT2D eigenvalue weighted by atomic mass is 15.1. The first-order valence-electron chi connectivity index (χ1n) is 1.97. The Morgan fingerprint density at radius 3 is 3.00 bits per heavy atom. The van der Waals surface area contributed by atoms with E-state index >= 15 is 0 Å². The summed E-state index contributed by atoms with van der Waals surface area (Å²) < 4.78 is 0. The summed E-state index contributed by atoms with van der Waals surface area (Å²) in [6, 6.07) is 0.463. The predicted molar refractivity (Wildman–Crippen MR) is 23.5 cm³/mol. The van der Waals surface area contributed by atoms with Gasteiger partial charge in [0, 0.05) is 5.70 Å². The Morgan fingerprint density at radius 1 is 1.83 bits per heavy atom. The minimum Gasteiger partial charge on any atom is -0.348 e. The molecule has 0 aromatic carbocycles. The van der Waals surface area contributed by atoms with E-state index < -0.39 is 0 Å². The average Bonchev–Trinajstić information content (AvgIpc) is 2.17. The second-order valence-electron chi connectivity index (χ2n) is 1.49. The van der Waals surface area contributed by atoms with Gasteiger partial charge in [-0.25, -0.2) is 0 Å². The zero-order chi connectivity index (χ0) is 3.98. The number of hydrogen-bond acceptors (Lipinski definition) is 2. The molecule has 1 aliphatic carbocycles. The van der Waals surface area contributed by atoms with Crippen LogP contribution in [0.3, 0.4) is 0 Å². The molecule has 2 nitrogen and oxygen atoms in total. The van der Waals surface area contributed by atoms with Crippen LogP contribution in [0.1, 0.15) is 0 Å². The fraction of sp³-hybridized carbons (Fsp3) is 0.250. The Balaban J connectivity index is 2.36. The highest BCUT2D eigenvalue weighted by Gasteiger charge is 2.25. The van der Waals surface area contributed by atoms with Crippen molar-refractivity contribution in [3.05, 3.63) is 11.8 Å². The van der Waals surface area contributed by atoms with Crippen molar-refractivity contribution in [3.8, 4) is 0 Å². The number of hydrogen-bond donors (Lipinski definition) is 1. The van der Waals surface area contributed by atoms with Crippen molar-refractivity contribution in [2.24, 2.45) is 4.99 Å². The molecule has 1 aliphatic heterocycles. The summed E-state index contributed by atoms with van der Waals surface area (Å²) in [5.74, 6) is 0. The van der Waals surface area contributed by atoms with E-state index in [1.807, 2.05) is 0 Å². The molecule has 0 unspecified atom stereocenters. The van der Waals surface area contributed by atoms with Gasteiger partial charge in [-0.1, -0.05) is 0 Å². The molecule has 1 atom stereocenters. The van der Waals surface area contributed by atoms with Crippen molar-refractivity contribution in [2.75, 3.05) is 0 Å². The van der Waals surface area contributed by atoms with Crippen molar-refractivity contribution in [1.29, 1.82) is 0 Å². The van der Waals surface area contributed by atoms with Crippen LogP contribution in [0.4, 0.5) is 0 Å². The van der Waals surface area contributed by atoms with Crippen molar-refractivity contribution < 1.29 is 0 Å². The fourth-order valence-corrected chi connectivity index (χ4v) is 0.571. The highest BCUT2D eigenvalue weighted by Crippen LogP contribution is 2.22. The average molecular weight is 80.1 g/mol. The molecule has 2 rings (SSSR count). The Labute approximate surface area is 35.6 Å². The third-order valence-corrected chi connectivity index (χ3v) is 1.01. The second kappa shape index (κ2) is 0.511. The van der Waals surface area contributed by atoms with Crippen LogP contribution < -0.4 is 5.32 Å². The Bertz CT molecular complexity index is 134. The second-order valence-corrected chi connectivity index (χ2v) is 1.49. The van der Waals surface area contributed by atoms with Gasteiger partial charge in [0.05, 0.1) is 6.34 Å². The SMILES string of the molecule is C1=N[C@H]2C=C2N1. The first-order valence-corrected chi connectivity index (χ1v) is 1.97. The van der Waals surface area contributed by atoms with Crippen LogP contribution in [0.5, 0.6) is 0 Å². The standard InChI is InChI=1S/C4H4N2/c1-3-4(1)6-2-5-3/h1-3H,(H,5,6)/t3-/m0/s1. The van der Waals surface area contributed by atoms with Gasteiger partial charge in [0.2, 0.25) is 0 Å². The lowest BCUT2D eigenvalue weighted by atomic mass is 10.6. The van der Waals surface area contributed by atoms with E-state index in [4.69, 9.17) is 0 Å². The normalized spacial score (nSPS) is 34.7. The predicted octanol–water partition coefficient (Wildman–Crippen LogP) is -0.116. The third kappa shape index (κ3) is 0.125. The molecular formula is C4H4N2. The molecule has 6 heavy (non-hydrogen) atoms. The van der Waals surface area contributed by atoms with Gasteiger partial charge < -0.3 is 5.32 Å². The maximum atomic E-state index is 3.98. The maximum absolute atomic E-state index is 3.98. The Hall–Kier alpha value is -0.790. The van der Waals surface area contributed by atoms with Crippen LogP contribution in [-0.2, 0) is 0 Å². The van der Waals surface area contributed by atoms with Gasteiger partial charge in [-0.15, -0.1) is 0 Å². The van der Waals surface area contributed by atoms with Crippen molar-refractivity contribution in [3.63, 3.8) is 0 Å². The number of rotatable bonds is 0. The van der Waals surface area contributed by atoms with E-state index in [0.717, 1.165) is 0 Å². The minimum absolute atomic E-state index is 0.463. The van der Waals surface area contributed by atoms with Gasteiger partial charge in [0.15, 0.2) is 0 Å². The summed E-state index contributed by atoms with van der Waals surface area (Å²) in [5.41, 5.74) is 1.27. The van der Waals surface area contributed by atoms with E-state index in [9.17, 15) is 0 Å². The molecule has 1 N–H and O–H groups in total. The van der Waals surface area contributed by atoms with Gasteiger partial charge in [0.1, 0.15) is 6.04 Å². The molecular weight excluding hydrogens is 76.1 g/mol. The molecule has 2 aliphatic rings. The van der Waals surface area contributed by atoms with E-state index in [-0.39, 0.29) is 0 Å². The van der Waals surface area contributed by atoms with Crippen LogP contribution in [-0.4, -0.2) is 12.4 Å². The smallest absolute Gasteiger partial charge is 0.111 e. The van der Waals surface area contributed by atoms with Crippen LogP contribution in [0.15, 0.2) is 16.8 Å². The third-order valence-electron chi connectivity index (χ3n) is 1.01. The van der Waals surface area contributed by atoms with E-state index in [1.54, 1.807) is 6.34 Å². The lowest BCUT2D eigenvalue weighted by Crippen LogP contribution is -1.96. The molecule has 30 valence electrons. The summed E-state index contributed by atoms with van der Waals surface area (Å²) in [6.45, 7) is 0. The zero-order valence-electron chi connectivity index (χ0n) is 3.18. The first-order chi connectivity index (χ1) is 2.97. The van der Waals surface area contributed by atoms with Gasteiger partial charge in [-0.2, -0.15) is 0 Å². The monoisotopic (exact) mass is 80.0 g/mol. The molecule has 0 amide bonds. The van der Waals surface area contributed by atoms with Crippen LogP contribution in [0, 0.1) is 0 Å². The summed E-state index contributed by atoms with van der Waals surface area (Å²) in [5, 5.41) is 2.96. The van der Waals surface area contributed by atoms with Crippen LogP contribution in [0.2, 0.25) is 0 Å². The molecule has 0 saturated carbocycles. The molecule has 0 radical (unpaired) electrons. The summed E-state index contributed by atoms with van der Waals surface area (Å²) in [6.07, 6.45) is 3.82.